The van der Waals surface area contributed by atoms with E-state index in [1.54, 1.807) is 24.3 Å². The molecule has 0 aliphatic carbocycles. The summed E-state index contributed by atoms with van der Waals surface area (Å²) in [6.45, 7) is 3.83. The fourth-order valence-electron chi connectivity index (χ4n) is 2.19. The first-order chi connectivity index (χ1) is 11.4. The van der Waals surface area contributed by atoms with Crippen LogP contribution in [0.1, 0.15) is 25.0 Å². The van der Waals surface area contributed by atoms with E-state index in [2.05, 4.69) is 0 Å². The molecule has 0 aliphatic rings. The lowest BCUT2D eigenvalue weighted by molar-refractivity contribution is -0.130. The Labute approximate surface area is 140 Å². The van der Waals surface area contributed by atoms with Crippen molar-refractivity contribution in [1.82, 2.24) is 0 Å². The van der Waals surface area contributed by atoms with Crippen molar-refractivity contribution in [2.75, 3.05) is 7.11 Å². The van der Waals surface area contributed by atoms with E-state index in [-0.39, 0.29) is 17.4 Å². The standard InChI is InChI=1S/C19H19FO4/c1-12(2)24-15-7-5-14(6-8-15)16(19(21)22)10-13-4-9-17(20)18(11-13)23-3/h4-12H,1-3H3,(H,21,22)/b16-10+. The maximum Gasteiger partial charge on any atom is 0.336 e. The summed E-state index contributed by atoms with van der Waals surface area (Å²) in [5.74, 6) is -0.839. The average molecular weight is 330 g/mol. The third kappa shape index (κ3) is 4.35. The first-order valence-corrected chi connectivity index (χ1v) is 7.46. The number of ether oxygens (including phenoxy) is 2. The molecule has 1 N–H and O–H groups in total. The van der Waals surface area contributed by atoms with Crippen molar-refractivity contribution < 1.29 is 23.8 Å². The molecule has 2 aromatic carbocycles. The lowest BCUT2D eigenvalue weighted by atomic mass is 10.0. The van der Waals surface area contributed by atoms with Crippen molar-refractivity contribution in [1.29, 1.82) is 0 Å². The minimum absolute atomic E-state index is 0.0389. The van der Waals surface area contributed by atoms with E-state index in [9.17, 15) is 14.3 Å². The Morgan fingerprint density at radius 2 is 1.83 bits per heavy atom. The van der Waals surface area contributed by atoms with Gasteiger partial charge in [0.25, 0.3) is 0 Å². The molecule has 2 rings (SSSR count). The van der Waals surface area contributed by atoms with Crippen LogP contribution in [0.15, 0.2) is 42.5 Å². The largest absolute Gasteiger partial charge is 0.494 e. The number of rotatable bonds is 6. The molecule has 0 fully saturated rings. The summed E-state index contributed by atoms with van der Waals surface area (Å²) in [7, 11) is 1.36. The van der Waals surface area contributed by atoms with E-state index in [1.165, 1.54) is 31.4 Å². The van der Waals surface area contributed by atoms with Gasteiger partial charge in [0.2, 0.25) is 0 Å². The van der Waals surface area contributed by atoms with Gasteiger partial charge < -0.3 is 14.6 Å². The molecule has 0 bridgehead atoms. The number of hydrogen-bond donors (Lipinski definition) is 1. The van der Waals surface area contributed by atoms with Gasteiger partial charge in [-0.05, 0) is 55.3 Å². The Morgan fingerprint density at radius 3 is 2.38 bits per heavy atom. The summed E-state index contributed by atoms with van der Waals surface area (Å²) in [5, 5.41) is 9.48. The third-order valence-electron chi connectivity index (χ3n) is 3.25. The van der Waals surface area contributed by atoms with Gasteiger partial charge in [-0.3, -0.25) is 0 Å². The summed E-state index contributed by atoms with van der Waals surface area (Å²) in [6, 6.07) is 11.0. The second-order valence-electron chi connectivity index (χ2n) is 5.45. The summed E-state index contributed by atoms with van der Waals surface area (Å²) < 4.78 is 23.9. The summed E-state index contributed by atoms with van der Waals surface area (Å²) in [5.41, 5.74) is 1.16. The van der Waals surface area contributed by atoms with E-state index in [0.717, 1.165) is 0 Å². The molecule has 5 heteroatoms. The van der Waals surface area contributed by atoms with Gasteiger partial charge >= 0.3 is 5.97 Å². The summed E-state index contributed by atoms with van der Waals surface area (Å²) in [4.78, 5) is 11.6. The summed E-state index contributed by atoms with van der Waals surface area (Å²) >= 11 is 0. The van der Waals surface area contributed by atoms with E-state index in [0.29, 0.717) is 16.9 Å². The van der Waals surface area contributed by atoms with Gasteiger partial charge in [-0.25, -0.2) is 9.18 Å². The van der Waals surface area contributed by atoms with Crippen LogP contribution in [-0.4, -0.2) is 24.3 Å². The molecule has 0 atom stereocenters. The number of benzene rings is 2. The van der Waals surface area contributed by atoms with Gasteiger partial charge in [-0.2, -0.15) is 0 Å². The van der Waals surface area contributed by atoms with Crippen LogP contribution in [-0.2, 0) is 4.79 Å². The maximum atomic E-state index is 13.5. The number of aliphatic carboxylic acids is 1. The lowest BCUT2D eigenvalue weighted by Gasteiger charge is -2.10. The van der Waals surface area contributed by atoms with Crippen LogP contribution in [0.2, 0.25) is 0 Å². The highest BCUT2D eigenvalue weighted by Crippen LogP contribution is 2.25. The molecule has 0 saturated carbocycles. The zero-order chi connectivity index (χ0) is 17.7. The molecule has 0 unspecified atom stereocenters. The van der Waals surface area contributed by atoms with Crippen LogP contribution in [0, 0.1) is 5.82 Å². The number of hydrogen-bond acceptors (Lipinski definition) is 3. The highest BCUT2D eigenvalue weighted by atomic mass is 19.1. The van der Waals surface area contributed by atoms with Gasteiger partial charge in [0.15, 0.2) is 11.6 Å². The molecule has 126 valence electrons. The zero-order valence-corrected chi connectivity index (χ0v) is 13.7. The SMILES string of the molecule is COc1cc(/C=C(/C(=O)O)c2ccc(OC(C)C)cc2)ccc1F. The second-order valence-corrected chi connectivity index (χ2v) is 5.45. The van der Waals surface area contributed by atoms with Crippen LogP contribution < -0.4 is 9.47 Å². The quantitative estimate of drug-likeness (QED) is 0.635. The third-order valence-corrected chi connectivity index (χ3v) is 3.25. The predicted molar refractivity (Wildman–Crippen MR) is 90.7 cm³/mol. The highest BCUT2D eigenvalue weighted by Gasteiger charge is 2.12. The fourth-order valence-corrected chi connectivity index (χ4v) is 2.19. The number of halogens is 1. The van der Waals surface area contributed by atoms with Crippen molar-refractivity contribution >= 4 is 17.6 Å². The molecule has 24 heavy (non-hydrogen) atoms. The van der Waals surface area contributed by atoms with Crippen molar-refractivity contribution in [3.63, 3.8) is 0 Å². The smallest absolute Gasteiger partial charge is 0.336 e. The van der Waals surface area contributed by atoms with Gasteiger partial charge in [0.1, 0.15) is 5.75 Å². The van der Waals surface area contributed by atoms with Crippen molar-refractivity contribution in [3.8, 4) is 11.5 Å². The van der Waals surface area contributed by atoms with Gasteiger partial charge in [0.05, 0.1) is 18.8 Å². The Hall–Kier alpha value is -2.82. The highest BCUT2D eigenvalue weighted by molar-refractivity contribution is 6.20. The predicted octanol–water partition coefficient (Wildman–Crippen LogP) is 4.25. The monoisotopic (exact) mass is 330 g/mol. The first-order valence-electron chi connectivity index (χ1n) is 7.46. The molecular formula is C19H19FO4. The van der Waals surface area contributed by atoms with E-state index in [4.69, 9.17) is 9.47 Å². The molecular weight excluding hydrogens is 311 g/mol. The minimum Gasteiger partial charge on any atom is -0.494 e. The van der Waals surface area contributed by atoms with E-state index < -0.39 is 11.8 Å². The maximum absolute atomic E-state index is 13.5. The second kappa shape index (κ2) is 7.64. The number of carboxylic acids is 1. The number of carboxylic acid groups (broad SMARTS) is 1. The normalized spacial score (nSPS) is 11.5. The van der Waals surface area contributed by atoms with Gasteiger partial charge in [0, 0.05) is 0 Å². The molecule has 2 aromatic rings. The molecule has 0 saturated heterocycles. The van der Waals surface area contributed by atoms with E-state index >= 15 is 0 Å². The molecule has 0 radical (unpaired) electrons. The topological polar surface area (TPSA) is 55.8 Å². The Kier molecular flexibility index (Phi) is 5.58. The van der Waals surface area contributed by atoms with E-state index in [1.807, 2.05) is 13.8 Å². The number of methoxy groups -OCH3 is 1. The molecule has 0 amide bonds. The Bertz CT molecular complexity index is 748. The molecule has 0 aromatic heterocycles. The van der Waals surface area contributed by atoms with Gasteiger partial charge in [-0.15, -0.1) is 0 Å². The molecule has 0 heterocycles. The number of carbonyl (C=O) groups is 1. The van der Waals surface area contributed by atoms with Crippen LogP contribution in [0.3, 0.4) is 0 Å². The van der Waals surface area contributed by atoms with Crippen LogP contribution in [0.25, 0.3) is 11.6 Å². The van der Waals surface area contributed by atoms with Crippen molar-refractivity contribution in [2.24, 2.45) is 0 Å². The minimum atomic E-state index is -1.07. The molecule has 0 aliphatic heterocycles. The van der Waals surface area contributed by atoms with Gasteiger partial charge in [-0.1, -0.05) is 18.2 Å². The zero-order valence-electron chi connectivity index (χ0n) is 13.7. The molecule has 0 spiro atoms. The lowest BCUT2D eigenvalue weighted by Crippen LogP contribution is -2.05. The fraction of sp³-hybridized carbons (Fsp3) is 0.211. The first kappa shape index (κ1) is 17.5. The summed E-state index contributed by atoms with van der Waals surface area (Å²) in [6.07, 6.45) is 1.51. The Balaban J connectivity index is 2.37. The average Bonchev–Trinajstić information content (AvgIpc) is 2.54. The van der Waals surface area contributed by atoms with Crippen molar-refractivity contribution in [3.05, 3.63) is 59.4 Å². The van der Waals surface area contributed by atoms with Crippen LogP contribution in [0.4, 0.5) is 4.39 Å². The van der Waals surface area contributed by atoms with Crippen LogP contribution >= 0.6 is 0 Å². The Morgan fingerprint density at radius 1 is 1.17 bits per heavy atom. The van der Waals surface area contributed by atoms with Crippen molar-refractivity contribution in [2.45, 2.75) is 20.0 Å². The molecule has 4 nitrogen and oxygen atoms in total. The van der Waals surface area contributed by atoms with Crippen LogP contribution in [0.5, 0.6) is 11.5 Å².